The molecule has 0 radical (unpaired) electrons. The summed E-state index contributed by atoms with van der Waals surface area (Å²) in [5.74, 6) is -0.325. The second-order valence-electron chi connectivity index (χ2n) is 7.96. The van der Waals surface area contributed by atoms with Crippen LogP contribution < -0.4 is 10.5 Å². The van der Waals surface area contributed by atoms with E-state index in [1.165, 1.54) is 22.5 Å². The second kappa shape index (κ2) is 9.07. The molecule has 31 heavy (non-hydrogen) atoms. The van der Waals surface area contributed by atoms with Gasteiger partial charge in [0.2, 0.25) is 26.0 Å². The normalized spacial score (nSPS) is 16.4. The first-order valence-electron chi connectivity index (χ1n) is 10.0. The third-order valence-corrected chi connectivity index (χ3v) is 8.26. The first-order valence-corrected chi connectivity index (χ1v) is 13.0. The summed E-state index contributed by atoms with van der Waals surface area (Å²) < 4.78 is 50.2. The van der Waals surface area contributed by atoms with Crippen molar-refractivity contribution in [3.8, 4) is 0 Å². The predicted molar refractivity (Wildman–Crippen MR) is 118 cm³/mol. The second-order valence-corrected chi connectivity index (χ2v) is 11.5. The highest BCUT2D eigenvalue weighted by Gasteiger charge is 2.32. The molecule has 0 aromatic heterocycles. The lowest BCUT2D eigenvalue weighted by Crippen LogP contribution is -2.41. The minimum absolute atomic E-state index is 0.0882. The molecule has 168 valence electrons. The van der Waals surface area contributed by atoms with Gasteiger partial charge in [-0.25, -0.2) is 22.0 Å². The molecule has 0 spiro atoms. The highest BCUT2D eigenvalue weighted by molar-refractivity contribution is 7.89. The monoisotopic (exact) mass is 465 g/mol. The standard InChI is InChI=1S/C21H27N3O5S2/c1-15(2)16-6-8-19(9-7-16)31(28,29)24-12-10-17(11-13-24)21(25)23-18-4-3-5-20(14-18)30(22,26)27/h3-9,14-15,17H,10-13H2,1-2H3,(H,23,25)(H2,22,26,27). The third-order valence-electron chi connectivity index (χ3n) is 5.44. The lowest BCUT2D eigenvalue weighted by Gasteiger charge is -2.30. The first-order chi connectivity index (χ1) is 14.5. The summed E-state index contributed by atoms with van der Waals surface area (Å²) in [4.78, 5) is 12.8. The van der Waals surface area contributed by atoms with Crippen molar-refractivity contribution in [3.05, 3.63) is 54.1 Å². The number of rotatable bonds is 6. The number of primary sulfonamides is 1. The minimum atomic E-state index is -3.87. The van der Waals surface area contributed by atoms with Crippen LogP contribution in [0.3, 0.4) is 0 Å². The van der Waals surface area contributed by atoms with Crippen LogP contribution in [0, 0.1) is 5.92 Å². The molecule has 0 unspecified atom stereocenters. The molecule has 1 aliphatic heterocycles. The van der Waals surface area contributed by atoms with Crippen molar-refractivity contribution >= 4 is 31.6 Å². The maximum absolute atomic E-state index is 12.9. The zero-order valence-electron chi connectivity index (χ0n) is 17.5. The fourth-order valence-corrected chi connectivity index (χ4v) is 5.56. The molecule has 1 heterocycles. The number of anilines is 1. The molecule has 0 atom stereocenters. The molecule has 2 aromatic rings. The van der Waals surface area contributed by atoms with Gasteiger partial charge < -0.3 is 5.32 Å². The summed E-state index contributed by atoms with van der Waals surface area (Å²) in [6.07, 6.45) is 0.758. The van der Waals surface area contributed by atoms with E-state index in [2.05, 4.69) is 5.32 Å². The van der Waals surface area contributed by atoms with Gasteiger partial charge in [-0.1, -0.05) is 32.0 Å². The number of piperidine rings is 1. The molecule has 0 bridgehead atoms. The maximum Gasteiger partial charge on any atom is 0.243 e. The van der Waals surface area contributed by atoms with Crippen LogP contribution in [-0.2, 0) is 24.8 Å². The van der Waals surface area contributed by atoms with Gasteiger partial charge in [0.15, 0.2) is 0 Å². The number of nitrogens with two attached hydrogens (primary N) is 1. The number of nitrogens with one attached hydrogen (secondary N) is 1. The number of sulfonamides is 2. The Hall–Kier alpha value is -2.27. The van der Waals surface area contributed by atoms with E-state index >= 15 is 0 Å². The highest BCUT2D eigenvalue weighted by atomic mass is 32.2. The van der Waals surface area contributed by atoms with Crippen molar-refractivity contribution in [2.75, 3.05) is 18.4 Å². The molecule has 3 N–H and O–H groups in total. The Bertz CT molecular complexity index is 1150. The summed E-state index contributed by atoms with van der Waals surface area (Å²) in [6.45, 7) is 4.57. The van der Waals surface area contributed by atoms with Crippen LogP contribution in [0.25, 0.3) is 0 Å². The lowest BCUT2D eigenvalue weighted by atomic mass is 9.97. The van der Waals surface area contributed by atoms with Crippen molar-refractivity contribution in [1.82, 2.24) is 4.31 Å². The molecule has 1 amide bonds. The average Bonchev–Trinajstić information content (AvgIpc) is 2.73. The van der Waals surface area contributed by atoms with E-state index in [-0.39, 0.29) is 34.7 Å². The van der Waals surface area contributed by atoms with Gasteiger partial charge in [-0.05, 0) is 54.7 Å². The van der Waals surface area contributed by atoms with Crippen molar-refractivity contribution in [3.63, 3.8) is 0 Å². The van der Waals surface area contributed by atoms with Crippen LogP contribution in [0.5, 0.6) is 0 Å². The summed E-state index contributed by atoms with van der Waals surface area (Å²) in [5, 5.41) is 7.82. The molecule has 1 fully saturated rings. The Morgan fingerprint density at radius 3 is 2.16 bits per heavy atom. The Kier molecular flexibility index (Phi) is 6.85. The predicted octanol–water partition coefficient (Wildman–Crippen LogP) is 2.50. The zero-order valence-corrected chi connectivity index (χ0v) is 19.1. The van der Waals surface area contributed by atoms with Crippen molar-refractivity contribution < 1.29 is 21.6 Å². The van der Waals surface area contributed by atoms with E-state index in [4.69, 9.17) is 5.14 Å². The van der Waals surface area contributed by atoms with Gasteiger partial charge in [0.25, 0.3) is 0 Å². The van der Waals surface area contributed by atoms with Crippen LogP contribution in [0.2, 0.25) is 0 Å². The van der Waals surface area contributed by atoms with Crippen molar-refractivity contribution in [2.45, 2.75) is 42.4 Å². The fraction of sp³-hybridized carbons (Fsp3) is 0.381. The molecule has 10 heteroatoms. The average molecular weight is 466 g/mol. The molecular weight excluding hydrogens is 438 g/mol. The lowest BCUT2D eigenvalue weighted by molar-refractivity contribution is -0.120. The van der Waals surface area contributed by atoms with Gasteiger partial charge in [-0.15, -0.1) is 0 Å². The molecule has 1 aliphatic rings. The number of carbonyl (C=O) groups is 1. The molecule has 0 saturated carbocycles. The number of nitrogens with zero attached hydrogens (tertiary/aromatic N) is 1. The summed E-state index contributed by atoms with van der Waals surface area (Å²) in [5.41, 5.74) is 1.40. The molecular formula is C21H27N3O5S2. The summed E-state index contributed by atoms with van der Waals surface area (Å²) >= 11 is 0. The van der Waals surface area contributed by atoms with Crippen LogP contribution >= 0.6 is 0 Å². The summed E-state index contributed by atoms with van der Waals surface area (Å²) in [7, 11) is -7.48. The van der Waals surface area contributed by atoms with Crippen LogP contribution in [0.4, 0.5) is 5.69 Å². The van der Waals surface area contributed by atoms with E-state index in [1.807, 2.05) is 26.0 Å². The van der Waals surface area contributed by atoms with Crippen LogP contribution in [0.1, 0.15) is 38.2 Å². The Morgan fingerprint density at radius 1 is 1.00 bits per heavy atom. The van der Waals surface area contributed by atoms with E-state index in [0.717, 1.165) is 5.56 Å². The van der Waals surface area contributed by atoms with Gasteiger partial charge >= 0.3 is 0 Å². The Labute approximate surface area is 183 Å². The van der Waals surface area contributed by atoms with E-state index < -0.39 is 20.0 Å². The highest BCUT2D eigenvalue weighted by Crippen LogP contribution is 2.26. The molecule has 1 saturated heterocycles. The SMILES string of the molecule is CC(C)c1ccc(S(=O)(=O)N2CCC(C(=O)Nc3cccc(S(N)(=O)=O)c3)CC2)cc1. The van der Waals surface area contributed by atoms with Gasteiger partial charge in [0, 0.05) is 24.7 Å². The van der Waals surface area contributed by atoms with Crippen molar-refractivity contribution in [2.24, 2.45) is 11.1 Å². The Balaban J connectivity index is 1.63. The topological polar surface area (TPSA) is 127 Å². The Morgan fingerprint density at radius 2 is 1.61 bits per heavy atom. The molecule has 8 nitrogen and oxygen atoms in total. The number of carbonyl (C=O) groups excluding carboxylic acids is 1. The smallest absolute Gasteiger partial charge is 0.243 e. The zero-order chi connectivity index (χ0) is 22.8. The van der Waals surface area contributed by atoms with Gasteiger partial charge in [-0.2, -0.15) is 4.31 Å². The summed E-state index contributed by atoms with van der Waals surface area (Å²) in [6, 6.07) is 12.6. The number of amides is 1. The molecule has 2 aromatic carbocycles. The minimum Gasteiger partial charge on any atom is -0.326 e. The molecule has 0 aliphatic carbocycles. The first kappa shape index (κ1) is 23.4. The quantitative estimate of drug-likeness (QED) is 0.678. The van der Waals surface area contributed by atoms with E-state index in [1.54, 1.807) is 18.2 Å². The van der Waals surface area contributed by atoms with Crippen LogP contribution in [0.15, 0.2) is 58.3 Å². The third kappa shape index (κ3) is 5.51. The van der Waals surface area contributed by atoms with Crippen LogP contribution in [-0.4, -0.2) is 40.1 Å². The fourth-order valence-electron chi connectivity index (χ4n) is 3.53. The molecule has 3 rings (SSSR count). The van der Waals surface area contributed by atoms with Gasteiger partial charge in [-0.3, -0.25) is 4.79 Å². The number of hydrogen-bond donors (Lipinski definition) is 2. The van der Waals surface area contributed by atoms with Crippen molar-refractivity contribution in [1.29, 1.82) is 0 Å². The largest absolute Gasteiger partial charge is 0.326 e. The van der Waals surface area contributed by atoms with Gasteiger partial charge in [0.05, 0.1) is 9.79 Å². The van der Waals surface area contributed by atoms with E-state index in [0.29, 0.717) is 24.4 Å². The number of benzene rings is 2. The van der Waals surface area contributed by atoms with E-state index in [9.17, 15) is 21.6 Å². The van der Waals surface area contributed by atoms with Gasteiger partial charge in [0.1, 0.15) is 0 Å². The maximum atomic E-state index is 12.9. The number of hydrogen-bond acceptors (Lipinski definition) is 5.